The van der Waals surface area contributed by atoms with Crippen molar-refractivity contribution in [2.45, 2.75) is 32.0 Å². The Morgan fingerprint density at radius 1 is 1.20 bits per heavy atom. The summed E-state index contributed by atoms with van der Waals surface area (Å²) in [5, 5.41) is 14.2. The van der Waals surface area contributed by atoms with Crippen molar-refractivity contribution in [3.8, 4) is 0 Å². The van der Waals surface area contributed by atoms with E-state index in [1.54, 1.807) is 43.4 Å². The maximum absolute atomic E-state index is 13.4. The van der Waals surface area contributed by atoms with Gasteiger partial charge in [-0.05, 0) is 42.2 Å². The third-order valence-corrected chi connectivity index (χ3v) is 6.44. The van der Waals surface area contributed by atoms with Gasteiger partial charge in [0.2, 0.25) is 5.91 Å². The molecule has 35 heavy (non-hydrogen) atoms. The predicted octanol–water partition coefficient (Wildman–Crippen LogP) is 3.18. The molecule has 2 amide bonds. The van der Waals surface area contributed by atoms with E-state index in [-0.39, 0.29) is 31.2 Å². The molecule has 0 aliphatic rings. The molecule has 3 rings (SSSR count). The zero-order valence-corrected chi connectivity index (χ0v) is 21.7. The molecule has 2 aromatic heterocycles. The average molecular weight is 517 g/mol. The topological polar surface area (TPSA) is 105 Å². The largest absolute Gasteiger partial charge is 0.396 e. The zero-order chi connectivity index (χ0) is 25.8. The van der Waals surface area contributed by atoms with Crippen molar-refractivity contribution in [1.82, 2.24) is 19.8 Å². The van der Waals surface area contributed by atoms with Crippen molar-refractivity contribution in [2.24, 2.45) is 5.41 Å². The van der Waals surface area contributed by atoms with Gasteiger partial charge in [0.1, 0.15) is 17.8 Å². The Labute approximate surface area is 213 Å². The second kappa shape index (κ2) is 11.2. The molecule has 0 bridgehead atoms. The van der Waals surface area contributed by atoms with E-state index < -0.39 is 16.9 Å². The Morgan fingerprint density at radius 2 is 1.89 bits per heavy atom. The molecular formula is C25H29ClN4O4S. The first-order valence-corrected chi connectivity index (χ1v) is 12.6. The average Bonchev–Trinajstić information content (AvgIpc) is 2.84. The lowest BCUT2D eigenvalue weighted by molar-refractivity contribution is -0.132. The summed E-state index contributed by atoms with van der Waals surface area (Å²) < 4.78 is 1.25. The second-order valence-electron chi connectivity index (χ2n) is 9.10. The van der Waals surface area contributed by atoms with E-state index in [1.165, 1.54) is 27.3 Å². The van der Waals surface area contributed by atoms with Crippen LogP contribution in [0.4, 0.5) is 0 Å². The SMILES string of the molecule is CSc1ccc2cc(C(=O)NCc3ccc(Cl)cc3)c(=O)n(CC(=O)N(C)CC(C)(C)CO)c2n1. The summed E-state index contributed by atoms with van der Waals surface area (Å²) in [7, 11) is 1.62. The fourth-order valence-electron chi connectivity index (χ4n) is 3.57. The van der Waals surface area contributed by atoms with Crippen LogP contribution < -0.4 is 10.9 Å². The Morgan fingerprint density at radius 3 is 2.51 bits per heavy atom. The number of hydrogen-bond donors (Lipinski definition) is 2. The number of likely N-dealkylation sites (N-methyl/N-ethyl adjacent to an activating group) is 1. The summed E-state index contributed by atoms with van der Waals surface area (Å²) in [6.45, 7) is 3.84. The van der Waals surface area contributed by atoms with Gasteiger partial charge in [-0.1, -0.05) is 37.6 Å². The molecule has 2 heterocycles. The van der Waals surface area contributed by atoms with Gasteiger partial charge in [-0.15, -0.1) is 11.8 Å². The minimum Gasteiger partial charge on any atom is -0.396 e. The lowest BCUT2D eigenvalue weighted by Crippen LogP contribution is -2.41. The number of hydrogen-bond acceptors (Lipinski definition) is 6. The van der Waals surface area contributed by atoms with E-state index in [0.29, 0.717) is 27.6 Å². The molecule has 0 saturated heterocycles. The number of aliphatic hydroxyl groups excluding tert-OH is 1. The van der Waals surface area contributed by atoms with Crippen LogP contribution >= 0.6 is 23.4 Å². The number of aliphatic hydroxyl groups is 1. The highest BCUT2D eigenvalue weighted by Gasteiger charge is 2.24. The molecule has 0 atom stereocenters. The first-order valence-electron chi connectivity index (χ1n) is 11.0. The molecule has 0 fully saturated rings. The lowest BCUT2D eigenvalue weighted by Gasteiger charge is -2.28. The molecule has 186 valence electrons. The first kappa shape index (κ1) is 26.7. The number of benzene rings is 1. The molecular weight excluding hydrogens is 488 g/mol. The molecule has 0 aliphatic carbocycles. The minimum absolute atomic E-state index is 0.0729. The van der Waals surface area contributed by atoms with Gasteiger partial charge >= 0.3 is 0 Å². The smallest absolute Gasteiger partial charge is 0.265 e. The van der Waals surface area contributed by atoms with Gasteiger partial charge < -0.3 is 15.3 Å². The first-order chi connectivity index (χ1) is 16.5. The fraction of sp³-hybridized carbons (Fsp3) is 0.360. The summed E-state index contributed by atoms with van der Waals surface area (Å²) in [4.78, 5) is 45.4. The van der Waals surface area contributed by atoms with Gasteiger partial charge in [0.05, 0.1) is 5.03 Å². The number of carbonyl (C=O) groups excluding carboxylic acids is 2. The normalized spacial score (nSPS) is 11.5. The van der Waals surface area contributed by atoms with Crippen molar-refractivity contribution < 1.29 is 14.7 Å². The number of halogens is 1. The molecule has 0 aliphatic heterocycles. The summed E-state index contributed by atoms with van der Waals surface area (Å²) in [5.41, 5.74) is -0.000442. The Hall–Kier alpha value is -2.88. The molecule has 3 aromatic rings. The van der Waals surface area contributed by atoms with Crippen molar-refractivity contribution in [1.29, 1.82) is 0 Å². The lowest BCUT2D eigenvalue weighted by atomic mass is 9.94. The van der Waals surface area contributed by atoms with Crippen molar-refractivity contribution in [2.75, 3.05) is 26.5 Å². The van der Waals surface area contributed by atoms with E-state index in [2.05, 4.69) is 10.3 Å². The highest BCUT2D eigenvalue weighted by Crippen LogP contribution is 2.19. The van der Waals surface area contributed by atoms with E-state index in [0.717, 1.165) is 5.56 Å². The summed E-state index contributed by atoms with van der Waals surface area (Å²) in [6.07, 6.45) is 1.87. The number of rotatable bonds is 9. The molecule has 0 unspecified atom stereocenters. The molecule has 0 saturated carbocycles. The van der Waals surface area contributed by atoms with Gasteiger partial charge in [-0.3, -0.25) is 19.0 Å². The van der Waals surface area contributed by atoms with Crippen LogP contribution in [0.1, 0.15) is 29.8 Å². The van der Waals surface area contributed by atoms with Crippen molar-refractivity contribution in [3.05, 3.63) is 69.0 Å². The number of fused-ring (bicyclic) bond motifs is 1. The van der Waals surface area contributed by atoms with Gasteiger partial charge in [0, 0.05) is 42.6 Å². The third-order valence-electron chi connectivity index (χ3n) is 5.54. The standard InChI is InChI=1S/C25H29ClN4O4S/c1-25(2,15-31)14-29(3)21(32)13-30-22-17(7-10-20(28-22)35-4)11-19(24(30)34)23(33)27-12-16-5-8-18(26)9-6-16/h5-11,31H,12-15H2,1-4H3,(H,27,33). The highest BCUT2D eigenvalue weighted by atomic mass is 35.5. The number of nitrogens with one attached hydrogen (secondary N) is 1. The Kier molecular flexibility index (Phi) is 8.58. The Balaban J connectivity index is 1.96. The van der Waals surface area contributed by atoms with Crippen LogP contribution in [0.25, 0.3) is 11.0 Å². The number of pyridine rings is 2. The van der Waals surface area contributed by atoms with Crippen molar-refractivity contribution >= 4 is 46.2 Å². The van der Waals surface area contributed by atoms with Crippen LogP contribution in [0.3, 0.4) is 0 Å². The molecule has 0 spiro atoms. The molecule has 0 radical (unpaired) electrons. The van der Waals surface area contributed by atoms with E-state index in [9.17, 15) is 19.5 Å². The Bertz CT molecular complexity index is 1290. The number of nitrogens with zero attached hydrogens (tertiary/aromatic N) is 3. The van der Waals surface area contributed by atoms with Gasteiger partial charge in [0.25, 0.3) is 11.5 Å². The number of aromatic nitrogens is 2. The quantitative estimate of drug-likeness (QED) is 0.423. The predicted molar refractivity (Wildman–Crippen MR) is 139 cm³/mol. The molecule has 10 heteroatoms. The van der Waals surface area contributed by atoms with Crippen LogP contribution in [0.2, 0.25) is 5.02 Å². The number of amides is 2. The highest BCUT2D eigenvalue weighted by molar-refractivity contribution is 7.98. The monoisotopic (exact) mass is 516 g/mol. The van der Waals surface area contributed by atoms with Crippen LogP contribution in [0, 0.1) is 5.41 Å². The fourth-order valence-corrected chi connectivity index (χ4v) is 4.08. The summed E-state index contributed by atoms with van der Waals surface area (Å²) in [6, 6.07) is 12.1. The minimum atomic E-state index is -0.597. The van der Waals surface area contributed by atoms with E-state index in [4.69, 9.17) is 11.6 Å². The van der Waals surface area contributed by atoms with E-state index >= 15 is 0 Å². The van der Waals surface area contributed by atoms with Gasteiger partial charge in [0.15, 0.2) is 0 Å². The summed E-state index contributed by atoms with van der Waals surface area (Å²) >= 11 is 7.32. The zero-order valence-electron chi connectivity index (χ0n) is 20.2. The molecule has 2 N–H and O–H groups in total. The second-order valence-corrected chi connectivity index (χ2v) is 10.4. The molecule has 1 aromatic carbocycles. The van der Waals surface area contributed by atoms with Crippen LogP contribution in [-0.2, 0) is 17.9 Å². The number of carbonyl (C=O) groups is 2. The van der Waals surface area contributed by atoms with Gasteiger partial charge in [-0.25, -0.2) is 4.98 Å². The van der Waals surface area contributed by atoms with Crippen LogP contribution in [-0.4, -0.2) is 57.8 Å². The van der Waals surface area contributed by atoms with Gasteiger partial charge in [-0.2, -0.15) is 0 Å². The third kappa shape index (κ3) is 6.62. The maximum atomic E-state index is 13.4. The summed E-state index contributed by atoms with van der Waals surface area (Å²) in [5.74, 6) is -0.873. The van der Waals surface area contributed by atoms with Crippen molar-refractivity contribution in [3.63, 3.8) is 0 Å². The maximum Gasteiger partial charge on any atom is 0.265 e. The number of thioether (sulfide) groups is 1. The van der Waals surface area contributed by atoms with Crippen LogP contribution in [0.15, 0.2) is 52.3 Å². The van der Waals surface area contributed by atoms with E-state index in [1.807, 2.05) is 20.1 Å². The van der Waals surface area contributed by atoms with Crippen LogP contribution in [0.5, 0.6) is 0 Å². The molecule has 8 nitrogen and oxygen atoms in total.